The number of rotatable bonds is 5. The standard InChI is InChI=1S/C11H15ClO2/c12-11-3-1-2-9(6-11)4-5-10(7-13)8-14/h1-3,6,10,13-14H,4-5,7-8H2. The lowest BCUT2D eigenvalue weighted by molar-refractivity contribution is 0.144. The Morgan fingerprint density at radius 3 is 2.50 bits per heavy atom. The Morgan fingerprint density at radius 2 is 1.93 bits per heavy atom. The Labute approximate surface area is 89.1 Å². The van der Waals surface area contributed by atoms with Crippen LogP contribution in [0.4, 0.5) is 0 Å². The molecule has 0 saturated carbocycles. The van der Waals surface area contributed by atoms with E-state index in [-0.39, 0.29) is 19.1 Å². The first-order valence-electron chi connectivity index (χ1n) is 4.72. The second kappa shape index (κ2) is 6.02. The first kappa shape index (κ1) is 11.5. The van der Waals surface area contributed by atoms with E-state index in [0.717, 1.165) is 23.4 Å². The molecule has 0 atom stereocenters. The van der Waals surface area contributed by atoms with Crippen molar-refractivity contribution in [3.63, 3.8) is 0 Å². The van der Waals surface area contributed by atoms with Crippen molar-refractivity contribution in [1.29, 1.82) is 0 Å². The highest BCUT2D eigenvalue weighted by atomic mass is 35.5. The second-order valence-corrected chi connectivity index (χ2v) is 3.84. The molecular formula is C11H15ClO2. The van der Waals surface area contributed by atoms with E-state index in [4.69, 9.17) is 21.8 Å². The third-order valence-electron chi connectivity index (χ3n) is 2.25. The van der Waals surface area contributed by atoms with Gasteiger partial charge in [-0.2, -0.15) is 0 Å². The molecule has 0 amide bonds. The Kier molecular flexibility index (Phi) is 4.94. The Hall–Kier alpha value is -0.570. The van der Waals surface area contributed by atoms with Gasteiger partial charge in [-0.3, -0.25) is 0 Å². The molecule has 1 aromatic rings. The molecule has 2 nitrogen and oxygen atoms in total. The molecule has 0 unspecified atom stereocenters. The molecule has 0 radical (unpaired) electrons. The van der Waals surface area contributed by atoms with E-state index >= 15 is 0 Å². The zero-order valence-corrected chi connectivity index (χ0v) is 8.74. The van der Waals surface area contributed by atoms with Crippen LogP contribution < -0.4 is 0 Å². The van der Waals surface area contributed by atoms with Gasteiger partial charge in [-0.05, 0) is 30.5 Å². The van der Waals surface area contributed by atoms with Crippen LogP contribution >= 0.6 is 11.6 Å². The van der Waals surface area contributed by atoms with Crippen LogP contribution in [0.5, 0.6) is 0 Å². The van der Waals surface area contributed by atoms with E-state index in [9.17, 15) is 0 Å². The summed E-state index contributed by atoms with van der Waals surface area (Å²) in [5, 5.41) is 18.5. The monoisotopic (exact) mass is 214 g/mol. The first-order valence-corrected chi connectivity index (χ1v) is 5.10. The molecule has 3 heteroatoms. The zero-order chi connectivity index (χ0) is 10.4. The smallest absolute Gasteiger partial charge is 0.0481 e. The predicted octanol–water partition coefficient (Wildman–Crippen LogP) is 1.87. The number of halogens is 1. The van der Waals surface area contributed by atoms with Crippen molar-refractivity contribution < 1.29 is 10.2 Å². The van der Waals surface area contributed by atoms with Crippen LogP contribution in [0.25, 0.3) is 0 Å². The fraction of sp³-hybridized carbons (Fsp3) is 0.455. The van der Waals surface area contributed by atoms with E-state index < -0.39 is 0 Å². The number of aryl methyl sites for hydroxylation is 1. The van der Waals surface area contributed by atoms with Gasteiger partial charge in [0.15, 0.2) is 0 Å². The van der Waals surface area contributed by atoms with E-state index in [1.807, 2.05) is 24.3 Å². The molecule has 0 saturated heterocycles. The van der Waals surface area contributed by atoms with Crippen molar-refractivity contribution in [2.75, 3.05) is 13.2 Å². The summed E-state index contributed by atoms with van der Waals surface area (Å²) in [6, 6.07) is 7.65. The van der Waals surface area contributed by atoms with Gasteiger partial charge in [0.25, 0.3) is 0 Å². The summed E-state index contributed by atoms with van der Waals surface area (Å²) >= 11 is 5.83. The number of hydrogen-bond donors (Lipinski definition) is 2. The minimum absolute atomic E-state index is 0.0195. The van der Waals surface area contributed by atoms with Crippen LogP contribution in [0.15, 0.2) is 24.3 Å². The highest BCUT2D eigenvalue weighted by Gasteiger charge is 2.05. The zero-order valence-electron chi connectivity index (χ0n) is 7.99. The van der Waals surface area contributed by atoms with Gasteiger partial charge in [-0.25, -0.2) is 0 Å². The van der Waals surface area contributed by atoms with Gasteiger partial charge in [0.2, 0.25) is 0 Å². The lowest BCUT2D eigenvalue weighted by Crippen LogP contribution is -2.11. The van der Waals surface area contributed by atoms with Gasteiger partial charge >= 0.3 is 0 Å². The Bertz CT molecular complexity index is 272. The van der Waals surface area contributed by atoms with E-state index in [1.165, 1.54) is 0 Å². The fourth-order valence-corrected chi connectivity index (χ4v) is 1.52. The largest absolute Gasteiger partial charge is 0.396 e. The van der Waals surface area contributed by atoms with Gasteiger partial charge in [-0.1, -0.05) is 23.7 Å². The maximum absolute atomic E-state index is 8.87. The van der Waals surface area contributed by atoms with Crippen LogP contribution in [-0.2, 0) is 6.42 Å². The summed E-state index contributed by atoms with van der Waals surface area (Å²) in [5.41, 5.74) is 1.14. The molecule has 0 fully saturated rings. The molecular weight excluding hydrogens is 200 g/mol. The van der Waals surface area contributed by atoms with Gasteiger partial charge in [0.1, 0.15) is 0 Å². The summed E-state index contributed by atoms with van der Waals surface area (Å²) in [6.45, 7) is 0.0775. The molecule has 78 valence electrons. The summed E-state index contributed by atoms with van der Waals surface area (Å²) < 4.78 is 0. The maximum atomic E-state index is 8.87. The molecule has 0 aromatic heterocycles. The number of aliphatic hydroxyl groups excluding tert-OH is 2. The minimum Gasteiger partial charge on any atom is -0.396 e. The second-order valence-electron chi connectivity index (χ2n) is 3.40. The van der Waals surface area contributed by atoms with Crippen molar-refractivity contribution in [3.05, 3.63) is 34.9 Å². The quantitative estimate of drug-likeness (QED) is 0.786. The molecule has 2 N–H and O–H groups in total. The van der Waals surface area contributed by atoms with E-state index in [1.54, 1.807) is 0 Å². The van der Waals surface area contributed by atoms with Crippen LogP contribution in [0.3, 0.4) is 0 Å². The van der Waals surface area contributed by atoms with Gasteiger partial charge in [0.05, 0.1) is 0 Å². The highest BCUT2D eigenvalue weighted by molar-refractivity contribution is 6.30. The van der Waals surface area contributed by atoms with Crippen molar-refractivity contribution in [2.24, 2.45) is 5.92 Å². The summed E-state index contributed by atoms with van der Waals surface area (Å²) in [4.78, 5) is 0. The topological polar surface area (TPSA) is 40.5 Å². The first-order chi connectivity index (χ1) is 6.76. The Morgan fingerprint density at radius 1 is 1.21 bits per heavy atom. The number of hydrogen-bond acceptors (Lipinski definition) is 2. The summed E-state index contributed by atoms with van der Waals surface area (Å²) in [5.74, 6) is -0.0195. The van der Waals surface area contributed by atoms with Crippen LogP contribution in [0.1, 0.15) is 12.0 Å². The summed E-state index contributed by atoms with van der Waals surface area (Å²) in [7, 11) is 0. The molecule has 0 aliphatic carbocycles. The SMILES string of the molecule is OCC(CO)CCc1cccc(Cl)c1. The van der Waals surface area contributed by atoms with Crippen LogP contribution in [-0.4, -0.2) is 23.4 Å². The van der Waals surface area contributed by atoms with Crippen molar-refractivity contribution in [3.8, 4) is 0 Å². The van der Waals surface area contributed by atoms with Gasteiger partial charge in [0, 0.05) is 24.2 Å². The van der Waals surface area contributed by atoms with Crippen molar-refractivity contribution in [2.45, 2.75) is 12.8 Å². The third-order valence-corrected chi connectivity index (χ3v) is 2.48. The van der Waals surface area contributed by atoms with Crippen molar-refractivity contribution in [1.82, 2.24) is 0 Å². The van der Waals surface area contributed by atoms with E-state index in [0.29, 0.717) is 0 Å². The highest BCUT2D eigenvalue weighted by Crippen LogP contribution is 2.14. The average molecular weight is 215 g/mol. The molecule has 0 aliphatic heterocycles. The lowest BCUT2D eigenvalue weighted by atomic mass is 10.0. The molecule has 0 heterocycles. The van der Waals surface area contributed by atoms with Crippen molar-refractivity contribution >= 4 is 11.6 Å². The normalized spacial score (nSPS) is 10.9. The maximum Gasteiger partial charge on any atom is 0.0481 e. The number of aliphatic hydroxyl groups is 2. The Balaban J connectivity index is 2.44. The average Bonchev–Trinajstić information content (AvgIpc) is 2.19. The lowest BCUT2D eigenvalue weighted by Gasteiger charge is -2.10. The minimum atomic E-state index is -0.0195. The predicted molar refractivity (Wildman–Crippen MR) is 57.4 cm³/mol. The molecule has 1 aromatic carbocycles. The van der Waals surface area contributed by atoms with Crippen LogP contribution in [0, 0.1) is 5.92 Å². The molecule has 0 spiro atoms. The number of benzene rings is 1. The van der Waals surface area contributed by atoms with Gasteiger partial charge < -0.3 is 10.2 Å². The summed E-state index contributed by atoms with van der Waals surface area (Å²) in [6.07, 6.45) is 1.62. The molecule has 0 aliphatic rings. The molecule has 14 heavy (non-hydrogen) atoms. The fourth-order valence-electron chi connectivity index (χ4n) is 1.30. The molecule has 0 bridgehead atoms. The van der Waals surface area contributed by atoms with E-state index in [2.05, 4.69) is 0 Å². The van der Waals surface area contributed by atoms with Crippen LogP contribution in [0.2, 0.25) is 5.02 Å². The third kappa shape index (κ3) is 3.66. The van der Waals surface area contributed by atoms with Gasteiger partial charge in [-0.15, -0.1) is 0 Å². The molecule has 1 rings (SSSR count).